The average Bonchev–Trinajstić information content (AvgIpc) is 3.33. The average molecular weight is 420 g/mol. The molecule has 29 heavy (non-hydrogen) atoms. The maximum atomic E-state index is 13.6. The summed E-state index contributed by atoms with van der Waals surface area (Å²) in [6.07, 6.45) is 4.76. The number of rotatable bonds is 3. The molecule has 3 aliphatic heterocycles. The van der Waals surface area contributed by atoms with Crippen LogP contribution in [0.3, 0.4) is 0 Å². The second-order valence-corrected chi connectivity index (χ2v) is 10.4. The quantitative estimate of drug-likeness (QED) is 0.745. The second kappa shape index (κ2) is 7.72. The number of benzene rings is 1. The van der Waals surface area contributed by atoms with E-state index in [0.29, 0.717) is 44.5 Å². The van der Waals surface area contributed by atoms with Gasteiger partial charge in [-0.3, -0.25) is 9.59 Å². The first kappa shape index (κ1) is 20.3. The highest BCUT2D eigenvalue weighted by molar-refractivity contribution is 7.88. The van der Waals surface area contributed by atoms with Gasteiger partial charge in [0, 0.05) is 44.3 Å². The summed E-state index contributed by atoms with van der Waals surface area (Å²) in [6.45, 7) is 2.81. The van der Waals surface area contributed by atoms with Crippen LogP contribution in [0.1, 0.15) is 42.5 Å². The van der Waals surface area contributed by atoms with Crippen LogP contribution in [0, 0.1) is 5.41 Å². The largest absolute Gasteiger partial charge is 0.342 e. The van der Waals surface area contributed by atoms with Crippen LogP contribution in [-0.2, 0) is 14.8 Å². The minimum Gasteiger partial charge on any atom is -0.342 e. The summed E-state index contributed by atoms with van der Waals surface area (Å²) in [6, 6.07) is 8.76. The molecule has 0 N–H and O–H groups in total. The van der Waals surface area contributed by atoms with Gasteiger partial charge in [0.2, 0.25) is 15.9 Å². The number of carbonyl (C=O) groups is 2. The van der Waals surface area contributed by atoms with Gasteiger partial charge in [0.15, 0.2) is 0 Å². The van der Waals surface area contributed by atoms with Crippen LogP contribution in [0.5, 0.6) is 0 Å². The Kier molecular flexibility index (Phi) is 5.42. The molecule has 0 aliphatic carbocycles. The lowest BCUT2D eigenvalue weighted by atomic mass is 9.75. The van der Waals surface area contributed by atoms with Gasteiger partial charge in [-0.15, -0.1) is 0 Å². The minimum absolute atomic E-state index is 0.0553. The van der Waals surface area contributed by atoms with Crippen molar-refractivity contribution in [3.8, 4) is 0 Å². The zero-order valence-electron chi connectivity index (χ0n) is 16.9. The van der Waals surface area contributed by atoms with Crippen LogP contribution in [0.25, 0.3) is 0 Å². The molecule has 8 heteroatoms. The molecule has 1 aromatic rings. The van der Waals surface area contributed by atoms with Gasteiger partial charge in [0.05, 0.1) is 11.7 Å². The van der Waals surface area contributed by atoms with Crippen LogP contribution in [-0.4, -0.2) is 79.4 Å². The van der Waals surface area contributed by atoms with E-state index in [-0.39, 0.29) is 17.9 Å². The summed E-state index contributed by atoms with van der Waals surface area (Å²) in [7, 11) is -3.42. The third-order valence-corrected chi connectivity index (χ3v) is 8.11. The van der Waals surface area contributed by atoms with Crippen molar-refractivity contribution in [3.05, 3.63) is 35.9 Å². The fraction of sp³-hybridized carbons (Fsp3) is 0.619. The van der Waals surface area contributed by atoms with Crippen molar-refractivity contribution in [2.75, 3.05) is 39.0 Å². The third-order valence-electron chi connectivity index (χ3n) is 6.82. The standard InChI is InChI=1S/C21H29N3O4S/c1-29(27,28)24-16-11-21(20(26)23-12-5-6-13-23)10-15-22(14-9-18(21)24)19(25)17-7-3-2-4-8-17/h2-4,7-8,18H,5-6,9-16H2,1H3/t18-,21+/m1/s1. The number of fused-ring (bicyclic) bond motifs is 1. The molecule has 0 spiro atoms. The summed E-state index contributed by atoms with van der Waals surface area (Å²) in [5, 5.41) is 0. The van der Waals surface area contributed by atoms with Crippen molar-refractivity contribution < 1.29 is 18.0 Å². The molecule has 0 bridgehead atoms. The molecule has 2 amide bonds. The lowest BCUT2D eigenvalue weighted by Crippen LogP contribution is -2.51. The van der Waals surface area contributed by atoms with Gasteiger partial charge < -0.3 is 9.80 Å². The molecule has 3 saturated heterocycles. The minimum atomic E-state index is -3.42. The Hall–Kier alpha value is -1.93. The van der Waals surface area contributed by atoms with Crippen molar-refractivity contribution in [3.63, 3.8) is 0 Å². The number of sulfonamides is 1. The van der Waals surface area contributed by atoms with Crippen molar-refractivity contribution in [1.29, 1.82) is 0 Å². The molecule has 4 rings (SSSR count). The molecule has 3 aliphatic rings. The highest BCUT2D eigenvalue weighted by Crippen LogP contribution is 2.46. The molecule has 0 radical (unpaired) electrons. The molecule has 0 aromatic heterocycles. The van der Waals surface area contributed by atoms with Crippen molar-refractivity contribution in [1.82, 2.24) is 14.1 Å². The van der Waals surface area contributed by atoms with Crippen molar-refractivity contribution >= 4 is 21.8 Å². The first-order valence-electron chi connectivity index (χ1n) is 10.4. The molecule has 3 fully saturated rings. The van der Waals surface area contributed by atoms with Crippen molar-refractivity contribution in [2.24, 2.45) is 5.41 Å². The predicted octanol–water partition coefficient (Wildman–Crippen LogP) is 1.57. The molecule has 0 saturated carbocycles. The van der Waals surface area contributed by atoms with Gasteiger partial charge in [-0.1, -0.05) is 18.2 Å². The van der Waals surface area contributed by atoms with E-state index in [4.69, 9.17) is 0 Å². The summed E-state index contributed by atoms with van der Waals surface area (Å²) in [5.41, 5.74) is -0.0986. The highest BCUT2D eigenvalue weighted by atomic mass is 32.2. The van der Waals surface area contributed by atoms with Crippen LogP contribution >= 0.6 is 0 Å². The fourth-order valence-electron chi connectivity index (χ4n) is 5.30. The van der Waals surface area contributed by atoms with Gasteiger partial charge in [0.1, 0.15) is 0 Å². The molecule has 1 aromatic carbocycles. The van der Waals surface area contributed by atoms with E-state index in [1.54, 1.807) is 17.0 Å². The molecular formula is C21H29N3O4S. The first-order valence-corrected chi connectivity index (χ1v) is 12.3. The SMILES string of the molecule is CS(=O)(=O)N1CC[C@@]2(C(=O)N3CCCC3)CCN(C(=O)c3ccccc3)CC[C@@H]12. The normalized spacial score (nSPS) is 28.2. The Bertz CT molecular complexity index is 882. The third kappa shape index (κ3) is 3.68. The highest BCUT2D eigenvalue weighted by Gasteiger charge is 2.57. The van der Waals surface area contributed by atoms with E-state index >= 15 is 0 Å². The zero-order valence-corrected chi connectivity index (χ0v) is 17.7. The van der Waals surface area contributed by atoms with Crippen LogP contribution in [0.2, 0.25) is 0 Å². The Morgan fingerprint density at radius 2 is 1.59 bits per heavy atom. The summed E-state index contributed by atoms with van der Waals surface area (Å²) in [5.74, 6) is 0.0282. The van der Waals surface area contributed by atoms with Crippen LogP contribution < -0.4 is 0 Å². The zero-order chi connectivity index (χ0) is 20.6. The van der Waals surface area contributed by atoms with E-state index in [0.717, 1.165) is 25.9 Å². The lowest BCUT2D eigenvalue weighted by molar-refractivity contribution is -0.142. The molecular weight excluding hydrogens is 390 g/mol. The first-order chi connectivity index (χ1) is 13.8. The summed E-state index contributed by atoms with van der Waals surface area (Å²) in [4.78, 5) is 30.3. The molecule has 0 unspecified atom stereocenters. The summed E-state index contributed by atoms with van der Waals surface area (Å²) >= 11 is 0. The molecule has 158 valence electrons. The number of carbonyl (C=O) groups excluding carboxylic acids is 2. The van der Waals surface area contributed by atoms with Crippen LogP contribution in [0.4, 0.5) is 0 Å². The number of likely N-dealkylation sites (tertiary alicyclic amines) is 2. The van der Waals surface area contributed by atoms with E-state index in [1.165, 1.54) is 10.6 Å². The molecule has 3 heterocycles. The smallest absolute Gasteiger partial charge is 0.253 e. The fourth-order valence-corrected chi connectivity index (χ4v) is 6.49. The van der Waals surface area contributed by atoms with Gasteiger partial charge in [-0.05, 0) is 44.2 Å². The van der Waals surface area contributed by atoms with E-state index in [1.807, 2.05) is 23.1 Å². The van der Waals surface area contributed by atoms with Crippen LogP contribution in [0.15, 0.2) is 30.3 Å². The number of hydrogen-bond donors (Lipinski definition) is 0. The maximum Gasteiger partial charge on any atom is 0.253 e. The lowest BCUT2D eigenvalue weighted by Gasteiger charge is -2.37. The van der Waals surface area contributed by atoms with E-state index < -0.39 is 15.4 Å². The Morgan fingerprint density at radius 3 is 2.24 bits per heavy atom. The molecule has 2 atom stereocenters. The number of amides is 2. The Balaban J connectivity index is 1.63. The van der Waals surface area contributed by atoms with Gasteiger partial charge >= 0.3 is 0 Å². The predicted molar refractivity (Wildman–Crippen MR) is 110 cm³/mol. The van der Waals surface area contributed by atoms with E-state index in [9.17, 15) is 18.0 Å². The maximum absolute atomic E-state index is 13.6. The van der Waals surface area contributed by atoms with Gasteiger partial charge in [-0.2, -0.15) is 4.31 Å². The Morgan fingerprint density at radius 1 is 0.931 bits per heavy atom. The van der Waals surface area contributed by atoms with Crippen molar-refractivity contribution in [2.45, 2.75) is 38.1 Å². The number of nitrogens with zero attached hydrogens (tertiary/aromatic N) is 3. The van der Waals surface area contributed by atoms with Gasteiger partial charge in [-0.25, -0.2) is 8.42 Å². The molecule has 7 nitrogen and oxygen atoms in total. The second-order valence-electron chi connectivity index (χ2n) is 8.49. The monoisotopic (exact) mass is 419 g/mol. The Labute approximate surface area is 172 Å². The van der Waals surface area contributed by atoms with Gasteiger partial charge in [0.25, 0.3) is 5.91 Å². The topological polar surface area (TPSA) is 78.0 Å². The number of hydrogen-bond acceptors (Lipinski definition) is 4. The summed E-state index contributed by atoms with van der Waals surface area (Å²) < 4.78 is 26.4. The van der Waals surface area contributed by atoms with E-state index in [2.05, 4.69) is 0 Å².